The standard InChI is InChI=1S/C29H38Cl2N2O5S/c1-3-29(15-24(35)18-34)16-25(21-6-5-7-23(31)14-21)27(20-10-12-22(30)13-11-20)33(28(29)36)26(19-8-9-19)17-32-39(37,38)4-2/h5-7,10-14,19,24-27,32,34-35H,3-4,8-9,15-18H2,1-2H3/t24?,25-,26-,27-,29+/m1/s1. The maximum atomic E-state index is 14.7. The van der Waals surface area contributed by atoms with E-state index in [1.54, 1.807) is 19.1 Å². The summed E-state index contributed by atoms with van der Waals surface area (Å²) < 4.78 is 27.7. The number of hydrogen-bond donors (Lipinski definition) is 3. The van der Waals surface area contributed by atoms with Crippen molar-refractivity contribution in [2.75, 3.05) is 18.9 Å². The Labute approximate surface area is 241 Å². The summed E-state index contributed by atoms with van der Waals surface area (Å²) in [5, 5.41) is 21.5. The number of halogens is 2. The van der Waals surface area contributed by atoms with Crippen LogP contribution in [0.5, 0.6) is 0 Å². The van der Waals surface area contributed by atoms with E-state index >= 15 is 0 Å². The molecule has 1 saturated carbocycles. The second kappa shape index (κ2) is 12.5. The van der Waals surface area contributed by atoms with Crippen molar-refractivity contribution in [1.29, 1.82) is 0 Å². The molecule has 1 aliphatic carbocycles. The Hall–Kier alpha value is -1.68. The van der Waals surface area contributed by atoms with Crippen LogP contribution in [0.2, 0.25) is 10.0 Å². The minimum Gasteiger partial charge on any atom is -0.394 e. The van der Waals surface area contributed by atoms with Gasteiger partial charge in [-0.25, -0.2) is 13.1 Å². The lowest BCUT2D eigenvalue weighted by Gasteiger charge is -2.53. The first-order valence-electron chi connectivity index (χ1n) is 13.6. The van der Waals surface area contributed by atoms with Gasteiger partial charge in [-0.2, -0.15) is 0 Å². The molecular weight excluding hydrogens is 559 g/mol. The molecule has 1 unspecified atom stereocenters. The lowest BCUT2D eigenvalue weighted by atomic mass is 9.64. The van der Waals surface area contributed by atoms with Crippen molar-refractivity contribution in [2.45, 2.75) is 70.1 Å². The SMILES string of the molecule is CC[C@]1(CC(O)CO)C[C@H](c2cccc(Cl)c2)[C@@H](c2ccc(Cl)cc2)N([C@H](CNS(=O)(=O)CC)C2CC2)C1=O. The van der Waals surface area contributed by atoms with E-state index < -0.39 is 34.2 Å². The predicted molar refractivity (Wildman–Crippen MR) is 154 cm³/mol. The van der Waals surface area contributed by atoms with Gasteiger partial charge in [0, 0.05) is 28.5 Å². The van der Waals surface area contributed by atoms with Gasteiger partial charge >= 0.3 is 0 Å². The number of nitrogens with zero attached hydrogens (tertiary/aromatic N) is 1. The summed E-state index contributed by atoms with van der Waals surface area (Å²) in [6.07, 6.45) is 1.76. The molecular formula is C29H38Cl2N2O5S. The Morgan fingerprint density at radius 2 is 1.77 bits per heavy atom. The first-order chi connectivity index (χ1) is 18.5. The molecule has 39 heavy (non-hydrogen) atoms. The van der Waals surface area contributed by atoms with Crippen LogP contribution >= 0.6 is 23.2 Å². The van der Waals surface area contributed by atoms with Gasteiger partial charge in [0.1, 0.15) is 0 Å². The number of benzene rings is 2. The molecule has 1 aliphatic heterocycles. The molecule has 3 N–H and O–H groups in total. The van der Waals surface area contributed by atoms with Crippen molar-refractivity contribution < 1.29 is 23.4 Å². The van der Waals surface area contributed by atoms with Gasteiger partial charge in [0.25, 0.3) is 0 Å². The number of piperidine rings is 1. The zero-order valence-corrected chi connectivity index (χ0v) is 24.7. The Bertz CT molecular complexity index is 1250. The van der Waals surface area contributed by atoms with Crippen LogP contribution in [-0.4, -0.2) is 60.5 Å². The molecule has 0 spiro atoms. The molecule has 2 aliphatic rings. The lowest BCUT2D eigenvalue weighted by molar-refractivity contribution is -0.160. The number of aliphatic hydroxyl groups is 2. The first kappa shape index (κ1) is 30.3. The summed E-state index contributed by atoms with van der Waals surface area (Å²) in [5.41, 5.74) is 0.906. The average molecular weight is 598 g/mol. The van der Waals surface area contributed by atoms with Crippen LogP contribution < -0.4 is 4.72 Å². The molecule has 0 aromatic heterocycles. The van der Waals surface area contributed by atoms with Crippen molar-refractivity contribution >= 4 is 39.1 Å². The molecule has 7 nitrogen and oxygen atoms in total. The van der Waals surface area contributed by atoms with Crippen molar-refractivity contribution in [3.63, 3.8) is 0 Å². The molecule has 1 amide bonds. The summed E-state index contributed by atoms with van der Waals surface area (Å²) in [5.74, 6) is -0.217. The highest BCUT2D eigenvalue weighted by Gasteiger charge is 2.55. The number of rotatable bonds is 12. The number of sulfonamides is 1. The maximum Gasteiger partial charge on any atom is 0.229 e. The van der Waals surface area contributed by atoms with E-state index in [9.17, 15) is 23.4 Å². The van der Waals surface area contributed by atoms with Gasteiger partial charge < -0.3 is 15.1 Å². The van der Waals surface area contributed by atoms with E-state index in [1.807, 2.05) is 48.2 Å². The summed E-state index contributed by atoms with van der Waals surface area (Å²) in [7, 11) is -3.49. The zero-order chi connectivity index (χ0) is 28.4. The molecule has 2 aromatic rings. The van der Waals surface area contributed by atoms with Gasteiger partial charge in [0.2, 0.25) is 15.9 Å². The molecule has 1 saturated heterocycles. The quantitative estimate of drug-likeness (QED) is 0.323. The van der Waals surface area contributed by atoms with Crippen LogP contribution in [0.25, 0.3) is 0 Å². The van der Waals surface area contributed by atoms with E-state index in [4.69, 9.17) is 23.2 Å². The molecule has 214 valence electrons. The Balaban J connectivity index is 1.91. The Morgan fingerprint density at radius 1 is 1.08 bits per heavy atom. The van der Waals surface area contributed by atoms with E-state index in [0.29, 0.717) is 22.9 Å². The van der Waals surface area contributed by atoms with E-state index in [1.165, 1.54) is 0 Å². The third kappa shape index (κ3) is 6.80. The van der Waals surface area contributed by atoms with Gasteiger partial charge in [-0.1, -0.05) is 54.4 Å². The number of amides is 1. The molecule has 0 radical (unpaired) electrons. The molecule has 4 rings (SSSR count). The van der Waals surface area contributed by atoms with Gasteiger partial charge in [-0.3, -0.25) is 4.79 Å². The Morgan fingerprint density at radius 3 is 2.33 bits per heavy atom. The second-order valence-electron chi connectivity index (χ2n) is 10.9. The van der Waals surface area contributed by atoms with Gasteiger partial charge in [0.05, 0.1) is 29.9 Å². The maximum absolute atomic E-state index is 14.7. The van der Waals surface area contributed by atoms with Gasteiger partial charge in [0.15, 0.2) is 0 Å². The lowest BCUT2D eigenvalue weighted by Crippen LogP contribution is -2.60. The molecule has 10 heteroatoms. The van der Waals surface area contributed by atoms with Crippen LogP contribution in [-0.2, 0) is 14.8 Å². The highest BCUT2D eigenvalue weighted by Crippen LogP contribution is 2.55. The van der Waals surface area contributed by atoms with Crippen molar-refractivity contribution in [3.8, 4) is 0 Å². The Kier molecular flexibility index (Phi) is 9.67. The summed E-state index contributed by atoms with van der Waals surface area (Å²) in [6.45, 7) is 3.19. The summed E-state index contributed by atoms with van der Waals surface area (Å²) in [6, 6.07) is 14.3. The van der Waals surface area contributed by atoms with Crippen LogP contribution in [0.4, 0.5) is 0 Å². The highest BCUT2D eigenvalue weighted by molar-refractivity contribution is 7.89. The minimum absolute atomic E-state index is 0.0499. The van der Waals surface area contributed by atoms with E-state index in [2.05, 4.69) is 4.72 Å². The minimum atomic E-state index is -3.49. The first-order valence-corrected chi connectivity index (χ1v) is 16.0. The number of carbonyl (C=O) groups is 1. The molecule has 2 aromatic carbocycles. The van der Waals surface area contributed by atoms with E-state index in [0.717, 1.165) is 24.0 Å². The smallest absolute Gasteiger partial charge is 0.229 e. The monoisotopic (exact) mass is 596 g/mol. The fourth-order valence-corrected chi connectivity index (χ4v) is 7.03. The number of carbonyl (C=O) groups excluding carboxylic acids is 1. The molecule has 1 heterocycles. The van der Waals surface area contributed by atoms with Crippen LogP contribution in [0.15, 0.2) is 48.5 Å². The average Bonchev–Trinajstić information content (AvgIpc) is 3.76. The van der Waals surface area contributed by atoms with Crippen LogP contribution in [0.3, 0.4) is 0 Å². The molecule has 0 bridgehead atoms. The van der Waals surface area contributed by atoms with Gasteiger partial charge in [-0.15, -0.1) is 0 Å². The zero-order valence-electron chi connectivity index (χ0n) is 22.4. The van der Waals surface area contributed by atoms with E-state index in [-0.39, 0.29) is 42.5 Å². The topological polar surface area (TPSA) is 107 Å². The third-order valence-corrected chi connectivity index (χ3v) is 10.3. The van der Waals surface area contributed by atoms with Crippen molar-refractivity contribution in [1.82, 2.24) is 9.62 Å². The highest BCUT2D eigenvalue weighted by atomic mass is 35.5. The van der Waals surface area contributed by atoms with Crippen molar-refractivity contribution in [3.05, 3.63) is 69.7 Å². The molecule has 5 atom stereocenters. The summed E-state index contributed by atoms with van der Waals surface area (Å²) >= 11 is 12.7. The number of nitrogens with one attached hydrogen (secondary N) is 1. The fraction of sp³-hybridized carbons (Fsp3) is 0.552. The van der Waals surface area contributed by atoms with Crippen LogP contribution in [0.1, 0.15) is 69.0 Å². The number of hydrogen-bond acceptors (Lipinski definition) is 5. The number of aliphatic hydroxyl groups excluding tert-OH is 2. The molecule has 2 fully saturated rings. The number of likely N-dealkylation sites (tertiary alicyclic amines) is 1. The predicted octanol–water partition coefficient (Wildman–Crippen LogP) is 4.91. The normalized spacial score (nSPS) is 25.5. The van der Waals surface area contributed by atoms with Crippen molar-refractivity contribution in [2.24, 2.45) is 11.3 Å². The van der Waals surface area contributed by atoms with Crippen LogP contribution in [0, 0.1) is 11.3 Å². The largest absolute Gasteiger partial charge is 0.394 e. The second-order valence-corrected chi connectivity index (χ2v) is 13.9. The fourth-order valence-electron chi connectivity index (χ4n) is 6.07. The summed E-state index contributed by atoms with van der Waals surface area (Å²) in [4.78, 5) is 16.6. The van der Waals surface area contributed by atoms with Gasteiger partial charge in [-0.05, 0) is 80.3 Å². The third-order valence-electron chi connectivity index (χ3n) is 8.40.